The minimum atomic E-state index is -2.02. The lowest BCUT2D eigenvalue weighted by Gasteiger charge is -2.34. The predicted octanol–water partition coefficient (Wildman–Crippen LogP) is 0.291. The van der Waals surface area contributed by atoms with Crippen molar-refractivity contribution in [1.82, 2.24) is 15.3 Å². The highest BCUT2D eigenvalue weighted by Gasteiger charge is 2.69. The van der Waals surface area contributed by atoms with Crippen molar-refractivity contribution >= 4 is 52.9 Å². The van der Waals surface area contributed by atoms with Crippen LogP contribution in [-0.2, 0) is 42.9 Å². The minimum absolute atomic E-state index is 0.0404. The molecule has 14 nitrogen and oxygen atoms in total. The highest BCUT2D eigenvalue weighted by molar-refractivity contribution is 6.33. The molecule has 0 bridgehead atoms. The first kappa shape index (κ1) is 27.6. The Morgan fingerprint density at radius 2 is 1.78 bits per heavy atom. The average Bonchev–Trinajstić information content (AvgIpc) is 3.39. The van der Waals surface area contributed by atoms with E-state index in [1.165, 1.54) is 23.1 Å². The second kappa shape index (κ2) is 11.4. The number of hydrogen-bond donors (Lipinski definition) is 1. The molecule has 1 amide bonds. The average molecular weight is 540 g/mol. The van der Waals surface area contributed by atoms with Crippen LogP contribution in [0.5, 0.6) is 0 Å². The van der Waals surface area contributed by atoms with Crippen molar-refractivity contribution in [2.45, 2.75) is 38.5 Å². The Bertz CT molecular complexity index is 1110. The fourth-order valence-electron chi connectivity index (χ4n) is 4.45. The number of hydrogen-bond acceptors (Lipinski definition) is 13. The van der Waals surface area contributed by atoms with Crippen molar-refractivity contribution in [3.8, 4) is 0 Å². The summed E-state index contributed by atoms with van der Waals surface area (Å²) in [5.41, 5.74) is -1.83. The number of amides is 1. The van der Waals surface area contributed by atoms with Gasteiger partial charge in [-0.1, -0.05) is 11.6 Å². The van der Waals surface area contributed by atoms with Gasteiger partial charge in [0.2, 0.25) is 11.3 Å². The first-order valence-electron chi connectivity index (χ1n) is 11.1. The summed E-state index contributed by atoms with van der Waals surface area (Å²) in [5.74, 6) is -3.59. The summed E-state index contributed by atoms with van der Waals surface area (Å²) in [7, 11) is 3.41. The Balaban J connectivity index is 2.14. The van der Waals surface area contributed by atoms with Gasteiger partial charge in [0.15, 0.2) is 11.0 Å². The number of carbonyl (C=O) groups excluding carboxylic acids is 5. The van der Waals surface area contributed by atoms with Crippen molar-refractivity contribution < 1.29 is 42.9 Å². The fraction of sp³-hybridized carbons (Fsp3) is 0.500. The highest BCUT2D eigenvalue weighted by Crippen LogP contribution is 2.55. The number of aromatic nitrogens is 2. The van der Waals surface area contributed by atoms with E-state index in [0.717, 1.165) is 26.6 Å². The van der Waals surface area contributed by atoms with Crippen LogP contribution >= 0.6 is 11.6 Å². The van der Waals surface area contributed by atoms with Gasteiger partial charge in [-0.25, -0.2) is 14.8 Å². The Morgan fingerprint density at radius 3 is 2.38 bits per heavy atom. The maximum Gasteiger partial charge on any atom is 0.332 e. The van der Waals surface area contributed by atoms with Gasteiger partial charge in [-0.2, -0.15) is 0 Å². The van der Waals surface area contributed by atoms with Crippen LogP contribution in [0.2, 0.25) is 5.15 Å². The molecule has 1 aromatic rings. The lowest BCUT2D eigenvalue weighted by atomic mass is 9.82. The molecule has 0 radical (unpaired) electrons. The van der Waals surface area contributed by atoms with E-state index < -0.39 is 47.5 Å². The van der Waals surface area contributed by atoms with Gasteiger partial charge >= 0.3 is 23.9 Å². The standard InChI is InChI=1S/C22H26ClN5O9/c1-5-37-15(31)8-9-27-18-16(17(23)24-11-25-18)28-12(26-13(29)6-7-14(30)34-2)10-22(19(27)28,20(32)35-3)21(33)36-4/h8-9,11-12,19H,5-7,10H2,1-4H3,(H,26,29)/b9-8+/t12-,19-/m1/s1. The molecule has 0 spiro atoms. The number of esters is 4. The Labute approximate surface area is 216 Å². The van der Waals surface area contributed by atoms with Crippen molar-refractivity contribution in [2.75, 3.05) is 37.7 Å². The molecule has 2 aliphatic rings. The summed E-state index contributed by atoms with van der Waals surface area (Å²) in [6, 6.07) is 0. The van der Waals surface area contributed by atoms with Gasteiger partial charge in [0.05, 0.1) is 34.4 Å². The molecular formula is C22H26ClN5O9. The molecule has 37 heavy (non-hydrogen) atoms. The van der Waals surface area contributed by atoms with Gasteiger partial charge in [-0.15, -0.1) is 0 Å². The third kappa shape index (κ3) is 5.01. The first-order chi connectivity index (χ1) is 17.7. The molecule has 0 saturated carbocycles. The number of anilines is 2. The minimum Gasteiger partial charge on any atom is -0.469 e. The molecule has 2 aliphatic heterocycles. The Morgan fingerprint density at radius 1 is 1.11 bits per heavy atom. The van der Waals surface area contributed by atoms with Crippen LogP contribution in [-0.4, -0.2) is 80.0 Å². The second-order valence-corrected chi connectivity index (χ2v) is 8.27. The van der Waals surface area contributed by atoms with Gasteiger partial charge in [0.1, 0.15) is 24.3 Å². The van der Waals surface area contributed by atoms with E-state index in [4.69, 9.17) is 25.8 Å². The molecule has 1 N–H and O–H groups in total. The van der Waals surface area contributed by atoms with Crippen molar-refractivity contribution in [3.63, 3.8) is 0 Å². The van der Waals surface area contributed by atoms with E-state index in [-0.39, 0.29) is 42.5 Å². The molecule has 3 rings (SSSR count). The summed E-state index contributed by atoms with van der Waals surface area (Å²) >= 11 is 6.42. The molecule has 1 aromatic heterocycles. The Hall–Kier alpha value is -3.94. The van der Waals surface area contributed by atoms with Crippen LogP contribution in [0.15, 0.2) is 18.6 Å². The SMILES string of the molecule is CCOC(=O)/C=C/N1c2ncnc(Cl)c2N2[C@@H](NC(=O)CCC(=O)OC)CC(C(=O)OC)(C(=O)OC)[C@H]12. The largest absolute Gasteiger partial charge is 0.469 e. The third-order valence-electron chi connectivity index (χ3n) is 5.95. The monoisotopic (exact) mass is 539 g/mol. The smallest absolute Gasteiger partial charge is 0.332 e. The van der Waals surface area contributed by atoms with Gasteiger partial charge in [0.25, 0.3) is 0 Å². The normalized spacial score (nSPS) is 19.2. The van der Waals surface area contributed by atoms with Crippen LogP contribution < -0.4 is 15.1 Å². The number of fused-ring (bicyclic) bond motifs is 3. The van der Waals surface area contributed by atoms with E-state index >= 15 is 0 Å². The van der Waals surface area contributed by atoms with E-state index in [2.05, 4.69) is 20.0 Å². The van der Waals surface area contributed by atoms with E-state index in [9.17, 15) is 24.0 Å². The lowest BCUT2D eigenvalue weighted by molar-refractivity contribution is -0.169. The maximum atomic E-state index is 13.3. The third-order valence-corrected chi connectivity index (χ3v) is 6.23. The quantitative estimate of drug-likeness (QED) is 0.150. The number of methoxy groups -OCH3 is 3. The summed E-state index contributed by atoms with van der Waals surface area (Å²) < 4.78 is 19.5. The summed E-state index contributed by atoms with van der Waals surface area (Å²) in [6.07, 6.45) is 0.591. The summed E-state index contributed by atoms with van der Waals surface area (Å²) in [5, 5.41) is 2.68. The van der Waals surface area contributed by atoms with Crippen LogP contribution in [0.3, 0.4) is 0 Å². The molecular weight excluding hydrogens is 514 g/mol. The molecule has 0 unspecified atom stereocenters. The molecule has 15 heteroatoms. The first-order valence-corrected chi connectivity index (χ1v) is 11.5. The Kier molecular flexibility index (Phi) is 8.53. The van der Waals surface area contributed by atoms with Crippen molar-refractivity contribution in [1.29, 1.82) is 0 Å². The van der Waals surface area contributed by atoms with E-state index in [0.29, 0.717) is 0 Å². The predicted molar refractivity (Wildman–Crippen MR) is 126 cm³/mol. The lowest BCUT2D eigenvalue weighted by Crippen LogP contribution is -2.56. The number of nitrogens with one attached hydrogen (secondary N) is 1. The molecule has 0 aromatic carbocycles. The van der Waals surface area contributed by atoms with E-state index in [1.54, 1.807) is 6.92 Å². The van der Waals surface area contributed by atoms with Crippen LogP contribution in [0, 0.1) is 5.41 Å². The molecule has 1 saturated heterocycles. The zero-order valence-corrected chi connectivity index (χ0v) is 21.3. The summed E-state index contributed by atoms with van der Waals surface area (Å²) in [4.78, 5) is 73.9. The molecule has 2 atom stereocenters. The number of ether oxygens (including phenoxy) is 4. The fourth-order valence-corrected chi connectivity index (χ4v) is 4.67. The second-order valence-electron chi connectivity index (χ2n) is 7.91. The van der Waals surface area contributed by atoms with E-state index in [1.807, 2.05) is 0 Å². The molecule has 0 aliphatic carbocycles. The highest BCUT2D eigenvalue weighted by atomic mass is 35.5. The number of rotatable bonds is 9. The zero-order valence-electron chi connectivity index (χ0n) is 20.6. The maximum absolute atomic E-state index is 13.3. The van der Waals surface area contributed by atoms with Gasteiger partial charge in [-0.3, -0.25) is 19.2 Å². The number of nitrogens with zero attached hydrogens (tertiary/aromatic N) is 4. The van der Waals surface area contributed by atoms with Crippen LogP contribution in [0.4, 0.5) is 11.5 Å². The molecule has 1 fully saturated rings. The van der Waals surface area contributed by atoms with Crippen molar-refractivity contribution in [3.05, 3.63) is 23.8 Å². The van der Waals surface area contributed by atoms with Crippen LogP contribution in [0.1, 0.15) is 26.2 Å². The van der Waals surface area contributed by atoms with Gasteiger partial charge < -0.3 is 34.1 Å². The van der Waals surface area contributed by atoms with Gasteiger partial charge in [-0.05, 0) is 6.92 Å². The van der Waals surface area contributed by atoms with Crippen LogP contribution in [0.25, 0.3) is 0 Å². The molecule has 200 valence electrons. The number of halogens is 1. The van der Waals surface area contributed by atoms with Gasteiger partial charge in [0, 0.05) is 25.1 Å². The zero-order chi connectivity index (χ0) is 27.3. The summed E-state index contributed by atoms with van der Waals surface area (Å²) in [6.45, 7) is 1.76. The topological polar surface area (TPSA) is 167 Å². The molecule has 3 heterocycles. The number of carbonyl (C=O) groups is 5. The van der Waals surface area contributed by atoms with Crippen molar-refractivity contribution in [2.24, 2.45) is 5.41 Å².